The normalized spacial score (nSPS) is 9.81. The van der Waals surface area contributed by atoms with Crippen LogP contribution in [0.3, 0.4) is 0 Å². The van der Waals surface area contributed by atoms with Gasteiger partial charge in [0.05, 0.1) is 0 Å². The molecule has 0 atom stereocenters. The molecule has 0 bridgehead atoms. The van der Waals surface area contributed by atoms with E-state index < -0.39 is 0 Å². The van der Waals surface area contributed by atoms with E-state index >= 15 is 0 Å². The van der Waals surface area contributed by atoms with E-state index in [1.54, 1.807) is 43.4 Å². The molecule has 0 fully saturated rings. The SMILES string of the molecule is CNC(=O)Nc1ccc(NC(=O)c2cccc(C)n2)cc1. The molecule has 0 aliphatic rings. The highest BCUT2D eigenvalue weighted by atomic mass is 16.2. The van der Waals surface area contributed by atoms with Crippen molar-refractivity contribution in [1.29, 1.82) is 0 Å². The van der Waals surface area contributed by atoms with E-state index in [1.807, 2.05) is 13.0 Å². The highest BCUT2D eigenvalue weighted by Crippen LogP contribution is 2.14. The molecular weight excluding hydrogens is 268 g/mol. The number of benzene rings is 1. The Labute approximate surface area is 122 Å². The quantitative estimate of drug-likeness (QED) is 0.809. The summed E-state index contributed by atoms with van der Waals surface area (Å²) in [6, 6.07) is 11.8. The van der Waals surface area contributed by atoms with Crippen LogP contribution in [0, 0.1) is 6.92 Å². The summed E-state index contributed by atoms with van der Waals surface area (Å²) in [4.78, 5) is 27.3. The minimum absolute atomic E-state index is 0.272. The Kier molecular flexibility index (Phi) is 4.50. The Balaban J connectivity index is 2.03. The highest BCUT2D eigenvalue weighted by Gasteiger charge is 2.07. The van der Waals surface area contributed by atoms with Gasteiger partial charge >= 0.3 is 6.03 Å². The molecule has 3 N–H and O–H groups in total. The minimum atomic E-state index is -0.296. The number of nitrogens with zero attached hydrogens (tertiary/aromatic N) is 1. The molecule has 21 heavy (non-hydrogen) atoms. The van der Waals surface area contributed by atoms with E-state index in [4.69, 9.17) is 0 Å². The minimum Gasteiger partial charge on any atom is -0.341 e. The molecule has 1 heterocycles. The van der Waals surface area contributed by atoms with E-state index in [0.29, 0.717) is 17.1 Å². The molecule has 108 valence electrons. The molecule has 6 nitrogen and oxygen atoms in total. The van der Waals surface area contributed by atoms with Gasteiger partial charge in [0.15, 0.2) is 0 Å². The second-order valence-electron chi connectivity index (χ2n) is 4.40. The van der Waals surface area contributed by atoms with Crippen molar-refractivity contribution in [3.8, 4) is 0 Å². The van der Waals surface area contributed by atoms with Gasteiger partial charge in [0, 0.05) is 24.1 Å². The molecule has 1 aromatic heterocycles. The van der Waals surface area contributed by atoms with E-state index in [9.17, 15) is 9.59 Å². The average molecular weight is 284 g/mol. The lowest BCUT2D eigenvalue weighted by Gasteiger charge is -2.07. The van der Waals surface area contributed by atoms with Crippen LogP contribution in [-0.4, -0.2) is 24.0 Å². The smallest absolute Gasteiger partial charge is 0.318 e. The van der Waals surface area contributed by atoms with Crippen LogP contribution in [0.2, 0.25) is 0 Å². The van der Waals surface area contributed by atoms with Crippen LogP contribution < -0.4 is 16.0 Å². The maximum atomic E-state index is 12.0. The van der Waals surface area contributed by atoms with Crippen LogP contribution in [-0.2, 0) is 0 Å². The van der Waals surface area contributed by atoms with Gasteiger partial charge in [-0.3, -0.25) is 4.79 Å². The van der Waals surface area contributed by atoms with Gasteiger partial charge in [-0.1, -0.05) is 6.07 Å². The third-order valence-corrected chi connectivity index (χ3v) is 2.75. The first-order valence-electron chi connectivity index (χ1n) is 6.42. The van der Waals surface area contributed by atoms with Gasteiger partial charge in [-0.2, -0.15) is 0 Å². The molecule has 6 heteroatoms. The van der Waals surface area contributed by atoms with Gasteiger partial charge in [-0.25, -0.2) is 9.78 Å². The maximum absolute atomic E-state index is 12.0. The van der Waals surface area contributed by atoms with Crippen molar-refractivity contribution in [2.75, 3.05) is 17.7 Å². The van der Waals surface area contributed by atoms with E-state index in [0.717, 1.165) is 5.69 Å². The first kappa shape index (κ1) is 14.5. The van der Waals surface area contributed by atoms with Gasteiger partial charge in [0.2, 0.25) is 0 Å². The molecule has 0 radical (unpaired) electrons. The average Bonchev–Trinajstić information content (AvgIpc) is 2.49. The van der Waals surface area contributed by atoms with Crippen LogP contribution in [0.1, 0.15) is 16.2 Å². The fraction of sp³-hybridized carbons (Fsp3) is 0.133. The number of pyridine rings is 1. The lowest BCUT2D eigenvalue weighted by Crippen LogP contribution is -2.24. The predicted octanol–water partition coefficient (Wildman–Crippen LogP) is 2.39. The zero-order valence-corrected chi connectivity index (χ0v) is 11.8. The summed E-state index contributed by atoms with van der Waals surface area (Å²) in [5.41, 5.74) is 2.42. The molecule has 0 unspecified atom stereocenters. The molecule has 0 aliphatic heterocycles. The number of anilines is 2. The Morgan fingerprint density at radius 3 is 2.14 bits per heavy atom. The van der Waals surface area contributed by atoms with Crippen LogP contribution in [0.15, 0.2) is 42.5 Å². The van der Waals surface area contributed by atoms with Gasteiger partial charge in [-0.05, 0) is 43.3 Å². The molecule has 0 saturated heterocycles. The van der Waals surface area contributed by atoms with Crippen LogP contribution in [0.4, 0.5) is 16.2 Å². The van der Waals surface area contributed by atoms with Crippen molar-refractivity contribution in [2.24, 2.45) is 0 Å². The van der Waals surface area contributed by atoms with Gasteiger partial charge < -0.3 is 16.0 Å². The van der Waals surface area contributed by atoms with Crippen LogP contribution >= 0.6 is 0 Å². The number of hydrogen-bond acceptors (Lipinski definition) is 3. The number of aromatic nitrogens is 1. The highest BCUT2D eigenvalue weighted by molar-refractivity contribution is 6.03. The first-order valence-corrected chi connectivity index (χ1v) is 6.42. The van der Waals surface area contributed by atoms with Crippen molar-refractivity contribution in [2.45, 2.75) is 6.92 Å². The first-order chi connectivity index (χ1) is 10.1. The van der Waals surface area contributed by atoms with Gasteiger partial charge in [0.25, 0.3) is 5.91 Å². The predicted molar refractivity (Wildman–Crippen MR) is 81.4 cm³/mol. The molecular formula is C15H16N4O2. The van der Waals surface area contributed by atoms with E-state index in [-0.39, 0.29) is 11.9 Å². The summed E-state index contributed by atoms with van der Waals surface area (Å²) >= 11 is 0. The fourth-order valence-corrected chi connectivity index (χ4v) is 1.70. The second kappa shape index (κ2) is 6.51. The van der Waals surface area contributed by atoms with Crippen molar-refractivity contribution in [3.05, 3.63) is 53.9 Å². The van der Waals surface area contributed by atoms with Crippen LogP contribution in [0.25, 0.3) is 0 Å². The van der Waals surface area contributed by atoms with Crippen molar-refractivity contribution < 1.29 is 9.59 Å². The van der Waals surface area contributed by atoms with Crippen molar-refractivity contribution >= 4 is 23.3 Å². The Morgan fingerprint density at radius 1 is 0.952 bits per heavy atom. The number of carbonyl (C=O) groups is 2. The largest absolute Gasteiger partial charge is 0.341 e. The Morgan fingerprint density at radius 2 is 1.57 bits per heavy atom. The molecule has 1 aromatic carbocycles. The van der Waals surface area contributed by atoms with E-state index in [1.165, 1.54) is 0 Å². The monoisotopic (exact) mass is 284 g/mol. The van der Waals surface area contributed by atoms with Gasteiger partial charge in [0.1, 0.15) is 5.69 Å². The van der Waals surface area contributed by atoms with Crippen LogP contribution in [0.5, 0.6) is 0 Å². The molecule has 0 spiro atoms. The summed E-state index contributed by atoms with van der Waals surface area (Å²) in [6.45, 7) is 1.83. The van der Waals surface area contributed by atoms with Gasteiger partial charge in [-0.15, -0.1) is 0 Å². The number of amides is 3. The summed E-state index contributed by atoms with van der Waals surface area (Å²) < 4.78 is 0. The topological polar surface area (TPSA) is 83.1 Å². The second-order valence-corrected chi connectivity index (χ2v) is 4.40. The zero-order chi connectivity index (χ0) is 15.2. The third-order valence-electron chi connectivity index (χ3n) is 2.75. The number of hydrogen-bond donors (Lipinski definition) is 3. The number of nitrogens with one attached hydrogen (secondary N) is 3. The zero-order valence-electron chi connectivity index (χ0n) is 11.8. The van der Waals surface area contributed by atoms with E-state index in [2.05, 4.69) is 20.9 Å². The molecule has 2 rings (SSSR count). The summed E-state index contributed by atoms with van der Waals surface area (Å²) in [5, 5.41) is 7.85. The maximum Gasteiger partial charge on any atom is 0.318 e. The molecule has 0 saturated carbocycles. The summed E-state index contributed by atoms with van der Waals surface area (Å²) in [7, 11) is 1.54. The number of aryl methyl sites for hydroxylation is 1. The summed E-state index contributed by atoms with van der Waals surface area (Å²) in [5.74, 6) is -0.272. The third kappa shape index (κ3) is 4.04. The molecule has 0 aliphatic carbocycles. The number of carbonyl (C=O) groups excluding carboxylic acids is 2. The fourth-order valence-electron chi connectivity index (χ4n) is 1.70. The number of urea groups is 1. The van der Waals surface area contributed by atoms with Crippen molar-refractivity contribution in [1.82, 2.24) is 10.3 Å². The molecule has 3 amide bonds. The lowest BCUT2D eigenvalue weighted by molar-refractivity contribution is 0.102. The number of rotatable bonds is 3. The Hall–Kier alpha value is -2.89. The summed E-state index contributed by atoms with van der Waals surface area (Å²) in [6.07, 6.45) is 0. The standard InChI is InChI=1S/C15H16N4O2/c1-10-4-3-5-13(17-10)14(20)18-11-6-8-12(9-7-11)19-15(21)16-2/h3-9H,1-2H3,(H,18,20)(H2,16,19,21). The van der Waals surface area contributed by atoms with Crippen molar-refractivity contribution in [3.63, 3.8) is 0 Å². The Bertz CT molecular complexity index is 653. The molecule has 2 aromatic rings. The lowest BCUT2D eigenvalue weighted by atomic mass is 10.2.